The van der Waals surface area contributed by atoms with E-state index in [0.717, 1.165) is 17.1 Å². The highest BCUT2D eigenvalue weighted by atomic mass is 15.1. The molecule has 0 bridgehead atoms. The molecule has 0 fully saturated rings. The van der Waals surface area contributed by atoms with E-state index in [1.165, 1.54) is 89.0 Å². The average Bonchev–Trinajstić information content (AvgIpc) is 3.83. The predicted molar refractivity (Wildman–Crippen MR) is 271 cm³/mol. The molecule has 0 aromatic heterocycles. The van der Waals surface area contributed by atoms with Crippen LogP contribution in [0.25, 0.3) is 33.4 Å². The standard InChI is InChI=1S/C64H47N/c1-44-26-32-50(33-27-44)63(48-18-8-4-9-19-48)59-24-14-12-22-55(59)57-40-38-53(42-61(57)63)65(52-36-30-47(31-37-52)46-16-6-3-7-17-46)54-39-41-58-56-23-13-15-25-60(56)64(62(58)43-54,49-20-10-5-11-21-49)51-34-28-45(2)29-35-51/h3-43H,1-2H3. The fourth-order valence-electron chi connectivity index (χ4n) is 11.3. The summed E-state index contributed by atoms with van der Waals surface area (Å²) in [5.41, 5.74) is 22.4. The van der Waals surface area contributed by atoms with Crippen LogP contribution in [0.5, 0.6) is 0 Å². The van der Waals surface area contributed by atoms with E-state index in [0.29, 0.717) is 0 Å². The summed E-state index contributed by atoms with van der Waals surface area (Å²) in [6, 6.07) is 92.9. The highest BCUT2D eigenvalue weighted by molar-refractivity contribution is 5.92. The Labute approximate surface area is 382 Å². The van der Waals surface area contributed by atoms with Gasteiger partial charge in [0.1, 0.15) is 0 Å². The van der Waals surface area contributed by atoms with E-state index in [1.54, 1.807) is 0 Å². The third kappa shape index (κ3) is 5.93. The summed E-state index contributed by atoms with van der Waals surface area (Å²) in [7, 11) is 0. The van der Waals surface area contributed by atoms with Gasteiger partial charge in [-0.2, -0.15) is 0 Å². The lowest BCUT2D eigenvalue weighted by Gasteiger charge is -2.36. The lowest BCUT2D eigenvalue weighted by atomic mass is 9.67. The van der Waals surface area contributed by atoms with Gasteiger partial charge in [-0.15, -0.1) is 0 Å². The van der Waals surface area contributed by atoms with Crippen molar-refractivity contribution in [3.8, 4) is 33.4 Å². The maximum absolute atomic E-state index is 2.49. The molecule has 65 heavy (non-hydrogen) atoms. The normalized spacial score (nSPS) is 16.6. The first kappa shape index (κ1) is 38.7. The molecule has 2 aliphatic rings. The van der Waals surface area contributed by atoms with E-state index in [2.05, 4.69) is 267 Å². The molecular formula is C64H47N. The van der Waals surface area contributed by atoms with Gasteiger partial charge in [0.2, 0.25) is 0 Å². The largest absolute Gasteiger partial charge is 0.310 e. The quantitative estimate of drug-likeness (QED) is 0.147. The summed E-state index contributed by atoms with van der Waals surface area (Å²) in [6.07, 6.45) is 0. The Bertz CT molecular complexity index is 3170. The second-order valence-electron chi connectivity index (χ2n) is 17.8. The Morgan fingerprint density at radius 2 is 0.600 bits per heavy atom. The molecule has 0 radical (unpaired) electrons. The second-order valence-corrected chi connectivity index (χ2v) is 17.8. The highest BCUT2D eigenvalue weighted by Crippen LogP contribution is 2.59. The number of anilines is 3. The van der Waals surface area contributed by atoms with Gasteiger partial charge in [0.15, 0.2) is 0 Å². The summed E-state index contributed by atoms with van der Waals surface area (Å²) in [5.74, 6) is 0. The summed E-state index contributed by atoms with van der Waals surface area (Å²) < 4.78 is 0. The lowest BCUT2D eigenvalue weighted by Crippen LogP contribution is -2.29. The lowest BCUT2D eigenvalue weighted by molar-refractivity contribution is 0.767. The first-order valence-corrected chi connectivity index (χ1v) is 22.7. The van der Waals surface area contributed by atoms with Crippen molar-refractivity contribution < 1.29 is 0 Å². The molecule has 2 unspecified atom stereocenters. The average molecular weight is 830 g/mol. The summed E-state index contributed by atoms with van der Waals surface area (Å²) in [6.45, 7) is 4.35. The molecule has 1 heteroatoms. The molecule has 10 aromatic rings. The second kappa shape index (κ2) is 15.4. The van der Waals surface area contributed by atoms with E-state index in [-0.39, 0.29) is 0 Å². The Morgan fingerprint density at radius 1 is 0.262 bits per heavy atom. The highest BCUT2D eigenvalue weighted by Gasteiger charge is 2.48. The van der Waals surface area contributed by atoms with Crippen LogP contribution < -0.4 is 4.90 Å². The van der Waals surface area contributed by atoms with Gasteiger partial charge < -0.3 is 4.90 Å². The van der Waals surface area contributed by atoms with Gasteiger partial charge in [-0.1, -0.05) is 223 Å². The van der Waals surface area contributed by atoms with Crippen molar-refractivity contribution in [2.45, 2.75) is 24.7 Å². The summed E-state index contributed by atoms with van der Waals surface area (Å²) in [5, 5.41) is 0. The van der Waals surface area contributed by atoms with Crippen LogP contribution in [0.1, 0.15) is 55.6 Å². The Kier molecular flexibility index (Phi) is 9.14. The molecule has 0 saturated carbocycles. The van der Waals surface area contributed by atoms with E-state index >= 15 is 0 Å². The van der Waals surface area contributed by atoms with Crippen LogP contribution in [0.2, 0.25) is 0 Å². The smallest absolute Gasteiger partial charge is 0.0714 e. The molecule has 0 saturated heterocycles. The predicted octanol–water partition coefficient (Wildman–Crippen LogP) is 16.2. The number of hydrogen-bond acceptors (Lipinski definition) is 1. The SMILES string of the molecule is Cc1ccc(C2(c3ccccc3)c3ccccc3-c3ccc(N(c4ccc(-c5ccccc5)cc4)c4ccc5c(c4)C(c4ccccc4)(c4ccc(C)cc4)c4ccccc4-5)cc32)cc1. The third-order valence-corrected chi connectivity index (χ3v) is 14.2. The molecule has 0 N–H and O–H groups in total. The molecular weight excluding hydrogens is 783 g/mol. The van der Waals surface area contributed by atoms with Crippen molar-refractivity contribution in [1.82, 2.24) is 0 Å². The van der Waals surface area contributed by atoms with Crippen molar-refractivity contribution >= 4 is 17.1 Å². The van der Waals surface area contributed by atoms with Crippen molar-refractivity contribution in [2.75, 3.05) is 4.90 Å². The first-order chi connectivity index (χ1) is 32.0. The molecule has 0 heterocycles. The molecule has 0 amide bonds. The van der Waals surface area contributed by atoms with Gasteiger partial charge in [-0.05, 0) is 128 Å². The summed E-state index contributed by atoms with van der Waals surface area (Å²) in [4.78, 5) is 2.48. The molecule has 308 valence electrons. The Balaban J connectivity index is 1.13. The van der Waals surface area contributed by atoms with Crippen LogP contribution in [0.4, 0.5) is 17.1 Å². The van der Waals surface area contributed by atoms with Gasteiger partial charge in [0.05, 0.1) is 10.8 Å². The maximum atomic E-state index is 2.49. The van der Waals surface area contributed by atoms with Crippen LogP contribution >= 0.6 is 0 Å². The number of nitrogens with zero attached hydrogens (tertiary/aromatic N) is 1. The van der Waals surface area contributed by atoms with Gasteiger partial charge >= 0.3 is 0 Å². The van der Waals surface area contributed by atoms with Crippen molar-refractivity contribution in [3.05, 3.63) is 304 Å². The third-order valence-electron chi connectivity index (χ3n) is 14.2. The Morgan fingerprint density at radius 3 is 1.05 bits per heavy atom. The zero-order valence-electron chi connectivity index (χ0n) is 36.6. The zero-order valence-corrected chi connectivity index (χ0v) is 36.6. The zero-order chi connectivity index (χ0) is 43.5. The minimum absolute atomic E-state index is 0.535. The molecule has 2 aliphatic carbocycles. The fraction of sp³-hybridized carbons (Fsp3) is 0.0625. The number of benzene rings is 10. The van der Waals surface area contributed by atoms with Crippen LogP contribution in [-0.4, -0.2) is 0 Å². The topological polar surface area (TPSA) is 3.24 Å². The van der Waals surface area contributed by atoms with Crippen LogP contribution in [0, 0.1) is 13.8 Å². The van der Waals surface area contributed by atoms with E-state index in [9.17, 15) is 0 Å². The molecule has 0 spiro atoms. The first-order valence-electron chi connectivity index (χ1n) is 22.7. The van der Waals surface area contributed by atoms with E-state index < -0.39 is 10.8 Å². The van der Waals surface area contributed by atoms with Crippen LogP contribution in [-0.2, 0) is 10.8 Å². The number of aryl methyl sites for hydroxylation is 2. The monoisotopic (exact) mass is 829 g/mol. The van der Waals surface area contributed by atoms with Gasteiger partial charge in [-0.25, -0.2) is 0 Å². The molecule has 10 aromatic carbocycles. The van der Waals surface area contributed by atoms with Crippen LogP contribution in [0.15, 0.2) is 249 Å². The molecule has 2 atom stereocenters. The van der Waals surface area contributed by atoms with E-state index in [4.69, 9.17) is 0 Å². The van der Waals surface area contributed by atoms with Crippen molar-refractivity contribution in [2.24, 2.45) is 0 Å². The molecule has 1 nitrogen and oxygen atoms in total. The van der Waals surface area contributed by atoms with Crippen molar-refractivity contribution in [3.63, 3.8) is 0 Å². The van der Waals surface area contributed by atoms with E-state index in [1.807, 2.05) is 0 Å². The van der Waals surface area contributed by atoms with Crippen molar-refractivity contribution in [1.29, 1.82) is 0 Å². The molecule has 0 aliphatic heterocycles. The van der Waals surface area contributed by atoms with Gasteiger partial charge in [0, 0.05) is 17.1 Å². The minimum Gasteiger partial charge on any atom is -0.310 e. The summed E-state index contributed by atoms with van der Waals surface area (Å²) >= 11 is 0. The maximum Gasteiger partial charge on any atom is 0.0714 e. The Hall–Kier alpha value is -8.00. The van der Waals surface area contributed by atoms with Crippen LogP contribution in [0.3, 0.4) is 0 Å². The minimum atomic E-state index is -0.535. The number of rotatable bonds is 8. The fourth-order valence-corrected chi connectivity index (χ4v) is 11.3. The van der Waals surface area contributed by atoms with Gasteiger partial charge in [0.25, 0.3) is 0 Å². The van der Waals surface area contributed by atoms with Gasteiger partial charge in [-0.3, -0.25) is 0 Å². The number of fused-ring (bicyclic) bond motifs is 6. The molecule has 12 rings (SSSR count). The number of hydrogen-bond donors (Lipinski definition) is 0.